The molecule has 0 amide bonds. The minimum atomic E-state index is -0.323. The summed E-state index contributed by atoms with van der Waals surface area (Å²) in [5.41, 5.74) is 4.30. The van der Waals surface area contributed by atoms with Gasteiger partial charge < -0.3 is 9.72 Å². The Morgan fingerprint density at radius 2 is 1.48 bits per heavy atom. The highest BCUT2D eigenvalue weighted by molar-refractivity contribution is 6.19. The van der Waals surface area contributed by atoms with Crippen LogP contribution >= 0.6 is 0 Å². The van der Waals surface area contributed by atoms with Gasteiger partial charge >= 0.3 is 0 Å². The van der Waals surface area contributed by atoms with E-state index >= 15 is 0 Å². The van der Waals surface area contributed by atoms with Crippen LogP contribution in [0.2, 0.25) is 0 Å². The van der Waals surface area contributed by atoms with E-state index in [0.29, 0.717) is 28.2 Å². The molecule has 1 N–H and O–H groups in total. The molecule has 7 heteroatoms. The Morgan fingerprint density at radius 3 is 2.20 bits per heavy atom. The molecule has 194 valence electrons. The van der Waals surface area contributed by atoms with E-state index < -0.39 is 0 Å². The Morgan fingerprint density at radius 1 is 0.800 bits per heavy atom. The lowest BCUT2D eigenvalue weighted by Crippen LogP contribution is -2.28. The number of methoxy groups -OCH3 is 1. The molecule has 0 fully saturated rings. The molecule has 0 aliphatic rings. The predicted octanol–water partition coefficient (Wildman–Crippen LogP) is 6.52. The summed E-state index contributed by atoms with van der Waals surface area (Å²) in [7, 11) is 1.63. The van der Waals surface area contributed by atoms with Crippen LogP contribution in [-0.4, -0.2) is 32.3 Å². The smallest absolute Gasteiger partial charge is 0.267 e. The third-order valence-electron chi connectivity index (χ3n) is 7.31. The molecule has 7 nitrogen and oxygen atoms in total. The molecule has 0 aliphatic heterocycles. The van der Waals surface area contributed by atoms with E-state index in [2.05, 4.69) is 4.98 Å². The molecule has 7 rings (SSSR count). The summed E-state index contributed by atoms with van der Waals surface area (Å²) in [4.78, 5) is 31.2. The van der Waals surface area contributed by atoms with Gasteiger partial charge in [0.25, 0.3) is 11.5 Å². The van der Waals surface area contributed by atoms with E-state index in [4.69, 9.17) is 9.84 Å². The van der Waals surface area contributed by atoms with E-state index in [-0.39, 0.29) is 18.0 Å². The Balaban J connectivity index is 1.43. The van der Waals surface area contributed by atoms with Gasteiger partial charge in [-0.05, 0) is 35.7 Å². The highest BCUT2D eigenvalue weighted by Crippen LogP contribution is 2.33. The van der Waals surface area contributed by atoms with Gasteiger partial charge in [-0.25, -0.2) is 0 Å². The standard InChI is InChI=1S/C33H24N4O3/c1-40-23-16-17-27-26(18-23)31-24-14-8-9-15-25(24)33(39)36(32(31)34-27)20-30(38)37-29(22-12-6-3-7-13-22)19-28(35-37)21-10-4-2-5-11-21/h2-19,34H,20H2,1H3. The third-order valence-corrected chi connectivity index (χ3v) is 7.31. The van der Waals surface area contributed by atoms with Crippen molar-refractivity contribution < 1.29 is 9.53 Å². The minimum Gasteiger partial charge on any atom is -0.497 e. The molecule has 0 atom stereocenters. The van der Waals surface area contributed by atoms with Crippen LogP contribution in [0.1, 0.15) is 4.79 Å². The maximum atomic E-state index is 14.0. The number of aromatic amines is 1. The van der Waals surface area contributed by atoms with Crippen molar-refractivity contribution >= 4 is 38.6 Å². The number of hydrogen-bond acceptors (Lipinski definition) is 4. The SMILES string of the molecule is COc1ccc2[nH]c3c(c2c1)c1ccccc1c(=O)n3CC(=O)n1nc(-c2ccccc2)cc1-c1ccccc1. The van der Waals surface area contributed by atoms with Gasteiger partial charge in [0.05, 0.1) is 18.5 Å². The first-order valence-corrected chi connectivity index (χ1v) is 13.0. The Labute approximate surface area is 228 Å². The molecule has 0 aliphatic carbocycles. The van der Waals surface area contributed by atoms with E-state index in [0.717, 1.165) is 32.8 Å². The number of nitrogens with one attached hydrogen (secondary N) is 1. The average molecular weight is 525 g/mol. The summed E-state index contributed by atoms with van der Waals surface area (Å²) >= 11 is 0. The number of rotatable bonds is 5. The maximum Gasteiger partial charge on any atom is 0.267 e. The lowest BCUT2D eigenvalue weighted by atomic mass is 10.1. The van der Waals surface area contributed by atoms with Crippen molar-refractivity contribution in [3.8, 4) is 28.3 Å². The number of carbonyl (C=O) groups is 1. The number of carbonyl (C=O) groups excluding carboxylic acids is 1. The number of H-pyrrole nitrogens is 1. The van der Waals surface area contributed by atoms with Crippen LogP contribution in [0.15, 0.2) is 114 Å². The average Bonchev–Trinajstić information content (AvgIpc) is 3.62. The minimum absolute atomic E-state index is 0.195. The van der Waals surface area contributed by atoms with Crippen molar-refractivity contribution in [2.45, 2.75) is 6.54 Å². The van der Waals surface area contributed by atoms with Crippen molar-refractivity contribution in [1.82, 2.24) is 19.3 Å². The highest BCUT2D eigenvalue weighted by atomic mass is 16.5. The molecule has 3 aromatic heterocycles. The van der Waals surface area contributed by atoms with E-state index in [1.165, 1.54) is 9.25 Å². The number of fused-ring (bicyclic) bond motifs is 5. The van der Waals surface area contributed by atoms with Gasteiger partial charge in [-0.15, -0.1) is 0 Å². The fourth-order valence-corrected chi connectivity index (χ4v) is 5.38. The zero-order valence-electron chi connectivity index (χ0n) is 21.7. The first kappa shape index (κ1) is 23.7. The first-order valence-electron chi connectivity index (χ1n) is 13.0. The third kappa shape index (κ3) is 3.79. The first-order chi connectivity index (χ1) is 19.6. The molecule has 0 spiro atoms. The second kappa shape index (κ2) is 9.39. The molecule has 4 aromatic carbocycles. The second-order valence-electron chi connectivity index (χ2n) is 9.65. The van der Waals surface area contributed by atoms with Crippen molar-refractivity contribution in [1.29, 1.82) is 0 Å². The predicted molar refractivity (Wildman–Crippen MR) is 158 cm³/mol. The zero-order chi connectivity index (χ0) is 27.2. The van der Waals surface area contributed by atoms with Gasteiger partial charge in [-0.1, -0.05) is 78.9 Å². The number of ether oxygens (including phenoxy) is 1. The molecule has 0 unspecified atom stereocenters. The van der Waals surface area contributed by atoms with Crippen LogP contribution in [0.5, 0.6) is 5.75 Å². The van der Waals surface area contributed by atoms with Crippen LogP contribution in [0.4, 0.5) is 0 Å². The molecular formula is C33H24N4O3. The maximum absolute atomic E-state index is 14.0. The van der Waals surface area contributed by atoms with Crippen LogP contribution in [0.3, 0.4) is 0 Å². The summed E-state index contributed by atoms with van der Waals surface area (Å²) in [6.45, 7) is -0.195. The number of benzene rings is 4. The monoisotopic (exact) mass is 524 g/mol. The molecule has 40 heavy (non-hydrogen) atoms. The van der Waals surface area contributed by atoms with Crippen molar-refractivity contribution in [2.24, 2.45) is 0 Å². The van der Waals surface area contributed by atoms with Crippen LogP contribution in [-0.2, 0) is 6.54 Å². The van der Waals surface area contributed by atoms with Gasteiger partial charge in [-0.3, -0.25) is 14.2 Å². The molecule has 3 heterocycles. The number of pyridine rings is 1. The topological polar surface area (TPSA) is 81.9 Å². The van der Waals surface area contributed by atoms with Crippen LogP contribution in [0, 0.1) is 0 Å². The van der Waals surface area contributed by atoms with Gasteiger partial charge in [-0.2, -0.15) is 9.78 Å². The van der Waals surface area contributed by atoms with Crippen LogP contribution < -0.4 is 10.3 Å². The summed E-state index contributed by atoms with van der Waals surface area (Å²) in [5, 5.41) is 7.86. The zero-order valence-corrected chi connectivity index (χ0v) is 21.7. The van der Waals surface area contributed by atoms with Gasteiger partial charge in [0.2, 0.25) is 0 Å². The van der Waals surface area contributed by atoms with Crippen molar-refractivity contribution in [2.75, 3.05) is 7.11 Å². The Bertz CT molecular complexity index is 2110. The van der Waals surface area contributed by atoms with E-state index in [9.17, 15) is 9.59 Å². The summed E-state index contributed by atoms with van der Waals surface area (Å²) < 4.78 is 8.41. The summed E-state index contributed by atoms with van der Waals surface area (Å²) in [5.74, 6) is 0.389. The van der Waals surface area contributed by atoms with Gasteiger partial charge in [0, 0.05) is 32.8 Å². The largest absolute Gasteiger partial charge is 0.497 e. The van der Waals surface area contributed by atoms with Gasteiger partial charge in [0.1, 0.15) is 17.9 Å². The van der Waals surface area contributed by atoms with E-state index in [1.807, 2.05) is 103 Å². The number of hydrogen-bond donors (Lipinski definition) is 1. The van der Waals surface area contributed by atoms with Crippen LogP contribution in [0.25, 0.3) is 55.2 Å². The molecule has 7 aromatic rings. The molecule has 0 radical (unpaired) electrons. The normalized spacial score (nSPS) is 11.4. The number of aromatic nitrogens is 4. The van der Waals surface area contributed by atoms with Gasteiger partial charge in [0.15, 0.2) is 0 Å². The molecule has 0 saturated heterocycles. The van der Waals surface area contributed by atoms with E-state index in [1.54, 1.807) is 13.2 Å². The number of nitrogens with zero attached hydrogens (tertiary/aromatic N) is 3. The van der Waals surface area contributed by atoms with Crippen molar-refractivity contribution in [3.63, 3.8) is 0 Å². The summed E-state index contributed by atoms with van der Waals surface area (Å²) in [6.07, 6.45) is 0. The molecule has 0 saturated carbocycles. The van der Waals surface area contributed by atoms with Crippen molar-refractivity contribution in [3.05, 3.63) is 120 Å². The highest BCUT2D eigenvalue weighted by Gasteiger charge is 2.21. The second-order valence-corrected chi connectivity index (χ2v) is 9.65. The Kier molecular flexibility index (Phi) is 5.56. The molecular weight excluding hydrogens is 500 g/mol. The fraction of sp³-hybridized carbons (Fsp3) is 0.0606. The summed E-state index contributed by atoms with van der Waals surface area (Å²) in [6, 6.07) is 34.6. The lowest BCUT2D eigenvalue weighted by molar-refractivity contribution is 0.0878. The molecule has 0 bridgehead atoms. The quantitative estimate of drug-likeness (QED) is 0.278. The lowest BCUT2D eigenvalue weighted by Gasteiger charge is -2.11. The Hall–Kier alpha value is -5.43. The fourth-order valence-electron chi connectivity index (χ4n) is 5.38.